The Morgan fingerprint density at radius 2 is 1.28 bits per heavy atom. The van der Waals surface area contributed by atoms with Crippen LogP contribution in [-0.4, -0.2) is 119 Å². The van der Waals surface area contributed by atoms with E-state index in [1.54, 1.807) is 33.9 Å². The molecular weight excluding hydrogens is 658 g/mol. The number of ether oxygens (including phenoxy) is 1. The molecule has 266 valence electrons. The van der Waals surface area contributed by atoms with E-state index in [4.69, 9.17) is 10.3 Å². The maximum absolute atomic E-state index is 13.3. The smallest absolute Gasteiger partial charge is 0.328 e. The zero-order valence-electron chi connectivity index (χ0n) is 29.7. The summed E-state index contributed by atoms with van der Waals surface area (Å²) in [5.74, 6) is -2.71. The second-order valence-electron chi connectivity index (χ2n) is 12.7. The van der Waals surface area contributed by atoms with E-state index in [1.807, 2.05) is 13.8 Å². The molecule has 1 heterocycles. The first kappa shape index (κ1) is 44.5. The minimum atomic E-state index is -0.922. The third-order valence-corrected chi connectivity index (χ3v) is 7.63. The van der Waals surface area contributed by atoms with Gasteiger partial charge in [0.25, 0.3) is 0 Å². The summed E-state index contributed by atoms with van der Waals surface area (Å²) < 4.78 is 4.81. The summed E-state index contributed by atoms with van der Waals surface area (Å²) in [6, 6.07) is -2.66. The predicted molar refractivity (Wildman–Crippen MR) is 177 cm³/mol. The van der Waals surface area contributed by atoms with Crippen molar-refractivity contribution in [3.05, 3.63) is 11.9 Å². The van der Waals surface area contributed by atoms with Crippen molar-refractivity contribution < 1.29 is 48.9 Å². The van der Waals surface area contributed by atoms with Crippen LogP contribution in [0.3, 0.4) is 0 Å². The first-order valence-electron chi connectivity index (χ1n) is 16.6. The van der Waals surface area contributed by atoms with Crippen LogP contribution < -0.4 is 42.7 Å². The van der Waals surface area contributed by atoms with Gasteiger partial charge in [0.2, 0.25) is 17.7 Å². The van der Waals surface area contributed by atoms with Gasteiger partial charge in [-0.05, 0) is 61.9 Å². The van der Waals surface area contributed by atoms with Crippen molar-refractivity contribution in [2.45, 2.75) is 72.5 Å². The molecule has 47 heavy (non-hydrogen) atoms. The van der Waals surface area contributed by atoms with Gasteiger partial charge < -0.3 is 42.0 Å². The topological polar surface area (TPSA) is 203 Å². The number of esters is 1. The monoisotopic (exact) mass is 717 g/mol. The fraction of sp³-hybridized carbons (Fsp3) is 0.806. The molecule has 0 saturated carbocycles. The van der Waals surface area contributed by atoms with Crippen LogP contribution in [0.1, 0.15) is 54.4 Å². The number of methoxy groups -OCH3 is 1. The van der Waals surface area contributed by atoms with Crippen molar-refractivity contribution in [3.8, 4) is 0 Å². The Hall–Kier alpha value is -2.52. The molecule has 15 nitrogen and oxygen atoms in total. The van der Waals surface area contributed by atoms with E-state index in [0.717, 1.165) is 65.2 Å². The standard InChI is InChI=1S/C31H60N10O5.Zn/c1-21(2)26(29(43)38-27(22(3)4)30(44)39-28(23(5)6)31(45)46-7)37-25(42)19-36-18-24(40-32)20-41-16-9-12-34-14-13-33-10-8-11-35-15-17-41;/h18,21-23,26-28,32-36H,8-17,19-20H2,1-7H3,(H,37,42)(H,38,43)(H,39,44);/p+1/b24-18-,40-32?;/t26-,27-,28-;/m0./s1. The molecule has 1 aliphatic heterocycles. The largest absolute Gasteiger partial charge is 0.467 e. The second-order valence-corrected chi connectivity index (χ2v) is 12.7. The van der Waals surface area contributed by atoms with Gasteiger partial charge in [0.1, 0.15) is 23.8 Å². The van der Waals surface area contributed by atoms with Crippen molar-refractivity contribution in [2.24, 2.45) is 22.9 Å². The van der Waals surface area contributed by atoms with Crippen LogP contribution in [0.5, 0.6) is 0 Å². The molecular formula is C31H61N10O5Zn+. The van der Waals surface area contributed by atoms with E-state index in [0.29, 0.717) is 12.2 Å². The number of nitrogens with zero attached hydrogens (tertiary/aromatic N) is 2. The summed E-state index contributed by atoms with van der Waals surface area (Å²) in [6.45, 7) is 18.5. The van der Waals surface area contributed by atoms with Gasteiger partial charge in [0.15, 0.2) is 0 Å². The van der Waals surface area contributed by atoms with Crippen molar-refractivity contribution in [2.75, 3.05) is 72.6 Å². The fourth-order valence-electron chi connectivity index (χ4n) is 4.84. The Balaban J connectivity index is 0.0000212. The molecule has 1 saturated heterocycles. The van der Waals surface area contributed by atoms with Gasteiger partial charge in [0, 0.05) is 58.4 Å². The van der Waals surface area contributed by atoms with Gasteiger partial charge in [-0.15, -0.1) is 0 Å². The Labute approximate surface area is 293 Å². The molecule has 0 aliphatic carbocycles. The normalized spacial score (nSPS) is 17.8. The van der Waals surface area contributed by atoms with E-state index >= 15 is 0 Å². The molecule has 1 aliphatic rings. The zero-order chi connectivity index (χ0) is 34.5. The molecule has 9 N–H and O–H groups in total. The summed E-state index contributed by atoms with van der Waals surface area (Å²) in [5.41, 5.74) is 6.28. The van der Waals surface area contributed by atoms with Crippen molar-refractivity contribution in [3.63, 3.8) is 0 Å². The Bertz CT molecular complexity index is 968. The minimum absolute atomic E-state index is 0. The van der Waals surface area contributed by atoms with Crippen molar-refractivity contribution >= 4 is 23.7 Å². The summed E-state index contributed by atoms with van der Waals surface area (Å²) in [7, 11) is 1.26. The van der Waals surface area contributed by atoms with Crippen molar-refractivity contribution in [1.29, 1.82) is 0 Å². The average Bonchev–Trinajstić information content (AvgIpc) is 3.01. The van der Waals surface area contributed by atoms with Gasteiger partial charge >= 0.3 is 5.97 Å². The van der Waals surface area contributed by atoms with Crippen LogP contribution in [-0.2, 0) is 43.4 Å². The summed E-state index contributed by atoms with van der Waals surface area (Å²) in [5, 5.41) is 25.5. The van der Waals surface area contributed by atoms with E-state index in [9.17, 15) is 19.2 Å². The van der Waals surface area contributed by atoms with Crippen LogP contribution in [0.25, 0.3) is 0 Å². The number of rotatable bonds is 15. The predicted octanol–water partition coefficient (Wildman–Crippen LogP) is -1.91. The molecule has 0 aromatic rings. The molecule has 0 radical (unpaired) electrons. The van der Waals surface area contributed by atoms with E-state index < -0.39 is 41.8 Å². The molecule has 0 aromatic heterocycles. The molecule has 1 rings (SSSR count). The molecule has 0 spiro atoms. The van der Waals surface area contributed by atoms with E-state index in [-0.39, 0.29) is 43.8 Å². The molecule has 0 bridgehead atoms. The third kappa shape index (κ3) is 18.6. The average molecular weight is 719 g/mol. The summed E-state index contributed by atoms with van der Waals surface area (Å²) in [6.07, 6.45) is 3.67. The molecule has 3 atom stereocenters. The molecule has 3 amide bonds. The number of nitrogens with two attached hydrogens (primary N) is 1. The summed E-state index contributed by atoms with van der Waals surface area (Å²) in [4.78, 5) is 53.7. The molecule has 16 heteroatoms. The van der Waals surface area contributed by atoms with Crippen LogP contribution in [0.4, 0.5) is 0 Å². The van der Waals surface area contributed by atoms with E-state index in [1.165, 1.54) is 7.11 Å². The quantitative estimate of drug-likeness (QED) is 0.0536. The molecule has 0 unspecified atom stereocenters. The Morgan fingerprint density at radius 1 is 0.766 bits per heavy atom. The van der Waals surface area contributed by atoms with Crippen LogP contribution in [0.2, 0.25) is 0 Å². The van der Waals surface area contributed by atoms with Gasteiger partial charge in [-0.3, -0.25) is 19.3 Å². The third-order valence-electron chi connectivity index (χ3n) is 7.63. The number of carbonyl (C=O) groups is 4. The maximum Gasteiger partial charge on any atom is 0.328 e. The van der Waals surface area contributed by atoms with E-state index in [2.05, 4.69) is 47.2 Å². The number of amides is 3. The van der Waals surface area contributed by atoms with Gasteiger partial charge in [-0.25, -0.2) is 4.79 Å². The van der Waals surface area contributed by atoms with Crippen LogP contribution in [0, 0.1) is 17.8 Å². The molecule has 0 aromatic carbocycles. The Morgan fingerprint density at radius 3 is 1.81 bits per heavy atom. The SMILES string of the molecule is COC(=O)[C@@H](NC(=O)[C@@H](NC(=O)[C@@H](NC(=O)CN/C=C(/CN1CCCNCCNCCCNCC1)N=[NH2+])C(C)C)C(C)C)C(C)C.[Zn]. The van der Waals surface area contributed by atoms with Gasteiger partial charge in [0.05, 0.1) is 13.7 Å². The van der Waals surface area contributed by atoms with Gasteiger partial charge in [-0.1, -0.05) is 41.5 Å². The number of carbonyl (C=O) groups excluding carboxylic acids is 4. The number of hydrogen-bond donors (Lipinski definition) is 8. The van der Waals surface area contributed by atoms with Crippen LogP contribution in [0.15, 0.2) is 17.0 Å². The zero-order valence-corrected chi connectivity index (χ0v) is 32.7. The second kappa shape index (κ2) is 25.5. The van der Waals surface area contributed by atoms with Crippen LogP contribution >= 0.6 is 0 Å². The first-order valence-corrected chi connectivity index (χ1v) is 16.6. The maximum atomic E-state index is 13.3. The number of nitrogens with one attached hydrogen (secondary N) is 7. The number of hydrogen-bond acceptors (Lipinski definition) is 11. The van der Waals surface area contributed by atoms with Gasteiger partial charge in [-0.2, -0.15) is 5.53 Å². The Kier molecular flexibility index (Phi) is 24.1. The molecule has 1 fully saturated rings. The summed E-state index contributed by atoms with van der Waals surface area (Å²) >= 11 is 0. The fourth-order valence-corrected chi connectivity index (χ4v) is 4.84. The minimum Gasteiger partial charge on any atom is -0.467 e. The van der Waals surface area contributed by atoms with Crippen molar-refractivity contribution in [1.82, 2.24) is 42.1 Å². The first-order chi connectivity index (χ1) is 21.9.